The summed E-state index contributed by atoms with van der Waals surface area (Å²) in [5.41, 5.74) is 3.36. The lowest BCUT2D eigenvalue weighted by molar-refractivity contribution is -0.144. The van der Waals surface area contributed by atoms with E-state index in [0.29, 0.717) is 17.2 Å². The molecule has 11 heteroatoms. The number of halogens is 3. The van der Waals surface area contributed by atoms with Crippen molar-refractivity contribution in [2.45, 2.75) is 19.0 Å². The maximum absolute atomic E-state index is 13.0. The first-order valence-corrected chi connectivity index (χ1v) is 9.38. The van der Waals surface area contributed by atoms with Crippen molar-refractivity contribution in [3.05, 3.63) is 72.2 Å². The fraction of sp³-hybridized carbons (Fsp3) is 0.150. The quantitative estimate of drug-likeness (QED) is 0.448. The fourth-order valence-corrected chi connectivity index (χ4v) is 3.33. The SMILES string of the molecule is FC(F)(F)c1nc(-c2nc3ncc(CCc4ccccc4)cn3c2-c2cnc[nH]2)n[nH]1. The molecule has 0 fully saturated rings. The lowest BCUT2D eigenvalue weighted by Crippen LogP contribution is -2.07. The van der Waals surface area contributed by atoms with Gasteiger partial charge in [0.2, 0.25) is 17.4 Å². The molecule has 4 aromatic heterocycles. The van der Waals surface area contributed by atoms with Gasteiger partial charge >= 0.3 is 6.18 Å². The predicted molar refractivity (Wildman–Crippen MR) is 105 cm³/mol. The molecule has 0 bridgehead atoms. The van der Waals surface area contributed by atoms with Gasteiger partial charge in [-0.1, -0.05) is 30.3 Å². The van der Waals surface area contributed by atoms with Crippen molar-refractivity contribution in [2.75, 3.05) is 0 Å². The molecule has 0 spiro atoms. The Labute approximate surface area is 173 Å². The van der Waals surface area contributed by atoms with E-state index in [-0.39, 0.29) is 11.5 Å². The van der Waals surface area contributed by atoms with Crippen LogP contribution in [0.1, 0.15) is 17.0 Å². The maximum atomic E-state index is 13.0. The van der Waals surface area contributed by atoms with Crippen LogP contribution >= 0.6 is 0 Å². The maximum Gasteiger partial charge on any atom is 0.451 e. The molecule has 5 aromatic rings. The van der Waals surface area contributed by atoms with E-state index < -0.39 is 12.0 Å². The second-order valence-electron chi connectivity index (χ2n) is 6.90. The van der Waals surface area contributed by atoms with E-state index in [1.54, 1.807) is 16.8 Å². The third-order valence-corrected chi connectivity index (χ3v) is 4.80. The van der Waals surface area contributed by atoms with Gasteiger partial charge in [-0.05, 0) is 24.0 Å². The number of nitrogens with one attached hydrogen (secondary N) is 2. The molecule has 5 rings (SSSR count). The summed E-state index contributed by atoms with van der Waals surface area (Å²) < 4.78 is 40.7. The normalized spacial score (nSPS) is 12.0. The number of fused-ring (bicyclic) bond motifs is 1. The van der Waals surface area contributed by atoms with Crippen molar-refractivity contribution in [2.24, 2.45) is 0 Å². The number of rotatable bonds is 5. The zero-order valence-corrected chi connectivity index (χ0v) is 15.9. The molecule has 4 heterocycles. The van der Waals surface area contributed by atoms with Gasteiger partial charge in [0.05, 0.1) is 18.2 Å². The highest BCUT2D eigenvalue weighted by molar-refractivity contribution is 5.76. The van der Waals surface area contributed by atoms with Gasteiger partial charge in [0, 0.05) is 12.4 Å². The average Bonchev–Trinajstić information content (AvgIpc) is 3.51. The molecule has 0 atom stereocenters. The van der Waals surface area contributed by atoms with Gasteiger partial charge in [0.25, 0.3) is 0 Å². The van der Waals surface area contributed by atoms with E-state index in [4.69, 9.17) is 0 Å². The minimum absolute atomic E-state index is 0.170. The van der Waals surface area contributed by atoms with Gasteiger partial charge in [-0.2, -0.15) is 18.3 Å². The number of hydrogen-bond acceptors (Lipinski definition) is 5. The number of nitrogens with zero attached hydrogens (tertiary/aromatic N) is 6. The molecule has 0 saturated carbocycles. The third-order valence-electron chi connectivity index (χ3n) is 4.80. The summed E-state index contributed by atoms with van der Waals surface area (Å²) >= 11 is 0. The molecule has 156 valence electrons. The Kier molecular flexibility index (Phi) is 4.50. The number of H-pyrrole nitrogens is 2. The van der Waals surface area contributed by atoms with E-state index in [2.05, 4.69) is 42.2 Å². The highest BCUT2D eigenvalue weighted by atomic mass is 19.4. The molecule has 1 aromatic carbocycles. The van der Waals surface area contributed by atoms with Gasteiger partial charge in [-0.3, -0.25) is 9.50 Å². The van der Waals surface area contributed by atoms with E-state index in [9.17, 15) is 13.2 Å². The summed E-state index contributed by atoms with van der Waals surface area (Å²) in [7, 11) is 0. The average molecular weight is 424 g/mol. The first-order chi connectivity index (χ1) is 15.0. The number of aromatic amines is 2. The van der Waals surface area contributed by atoms with Crippen LogP contribution in [0, 0.1) is 0 Å². The highest BCUT2D eigenvalue weighted by Crippen LogP contribution is 2.32. The zero-order valence-electron chi connectivity index (χ0n) is 15.9. The molecule has 0 amide bonds. The van der Waals surface area contributed by atoms with Crippen molar-refractivity contribution >= 4 is 5.78 Å². The molecule has 8 nitrogen and oxygen atoms in total. The Hall–Kier alpha value is -4.02. The minimum atomic E-state index is -4.64. The highest BCUT2D eigenvalue weighted by Gasteiger charge is 2.36. The molecule has 2 N–H and O–H groups in total. The molecule has 0 aliphatic heterocycles. The fourth-order valence-electron chi connectivity index (χ4n) is 3.33. The smallest absolute Gasteiger partial charge is 0.343 e. The summed E-state index contributed by atoms with van der Waals surface area (Å²) in [4.78, 5) is 19.4. The van der Waals surface area contributed by atoms with E-state index in [1.165, 1.54) is 11.9 Å². The summed E-state index contributed by atoms with van der Waals surface area (Å²) in [5, 5.41) is 5.65. The van der Waals surface area contributed by atoms with Gasteiger partial charge in [0.1, 0.15) is 11.4 Å². The summed E-state index contributed by atoms with van der Waals surface area (Å²) in [6, 6.07) is 10.0. The molecule has 0 unspecified atom stereocenters. The van der Waals surface area contributed by atoms with Crippen LogP contribution in [0.5, 0.6) is 0 Å². The largest absolute Gasteiger partial charge is 0.451 e. The monoisotopic (exact) mass is 424 g/mol. The van der Waals surface area contributed by atoms with Crippen LogP contribution in [0.15, 0.2) is 55.2 Å². The second kappa shape index (κ2) is 7.35. The van der Waals surface area contributed by atoms with Gasteiger partial charge in [-0.15, -0.1) is 0 Å². The zero-order chi connectivity index (χ0) is 21.4. The Morgan fingerprint density at radius 1 is 0.968 bits per heavy atom. The Balaban J connectivity index is 1.58. The topological polar surface area (TPSA) is 100 Å². The Morgan fingerprint density at radius 3 is 2.48 bits per heavy atom. The van der Waals surface area contributed by atoms with Crippen LogP contribution in [0.3, 0.4) is 0 Å². The van der Waals surface area contributed by atoms with Gasteiger partial charge < -0.3 is 4.98 Å². The Bertz CT molecular complexity index is 1320. The summed E-state index contributed by atoms with van der Waals surface area (Å²) in [6.07, 6.45) is 3.54. The lowest BCUT2D eigenvalue weighted by Gasteiger charge is -2.05. The van der Waals surface area contributed by atoms with Gasteiger partial charge in [-0.25, -0.2) is 19.9 Å². The van der Waals surface area contributed by atoms with Crippen molar-refractivity contribution < 1.29 is 13.2 Å². The predicted octanol–water partition coefficient (Wildman–Crippen LogP) is 3.71. The van der Waals surface area contributed by atoms with Crippen LogP contribution in [-0.2, 0) is 19.0 Å². The summed E-state index contributed by atoms with van der Waals surface area (Å²) in [6.45, 7) is 0. The molecule has 0 radical (unpaired) electrons. The number of aromatic nitrogens is 8. The molecule has 0 aliphatic carbocycles. The van der Waals surface area contributed by atoms with E-state index in [1.807, 2.05) is 29.5 Å². The first-order valence-electron chi connectivity index (χ1n) is 9.38. The van der Waals surface area contributed by atoms with Gasteiger partial charge in [0.15, 0.2) is 0 Å². The standard InChI is InChI=1S/C20H15F3N8/c21-20(22,23)18-28-17(29-30-18)15-16(14-9-24-11-26-14)31-10-13(8-25-19(31)27-15)7-6-12-4-2-1-3-5-12/h1-5,8-11H,6-7H2,(H,24,26)(H,28,29,30). The summed E-state index contributed by atoms with van der Waals surface area (Å²) in [5.74, 6) is -1.04. The minimum Gasteiger partial charge on any atom is -0.343 e. The van der Waals surface area contributed by atoms with Crippen molar-refractivity contribution in [3.8, 4) is 22.9 Å². The van der Waals surface area contributed by atoms with Crippen LogP contribution in [0.2, 0.25) is 0 Å². The first kappa shape index (κ1) is 19.0. The van der Waals surface area contributed by atoms with Crippen LogP contribution < -0.4 is 0 Å². The van der Waals surface area contributed by atoms with Crippen LogP contribution in [-0.4, -0.2) is 39.5 Å². The third kappa shape index (κ3) is 3.65. The molecular weight excluding hydrogens is 409 g/mol. The van der Waals surface area contributed by atoms with Crippen molar-refractivity contribution in [1.29, 1.82) is 0 Å². The van der Waals surface area contributed by atoms with Crippen LogP contribution in [0.4, 0.5) is 13.2 Å². The number of hydrogen-bond donors (Lipinski definition) is 2. The number of imidazole rings is 2. The van der Waals surface area contributed by atoms with E-state index in [0.717, 1.165) is 18.4 Å². The lowest BCUT2D eigenvalue weighted by atomic mass is 10.1. The number of aryl methyl sites for hydroxylation is 2. The molecule has 31 heavy (non-hydrogen) atoms. The number of benzene rings is 1. The molecule has 0 saturated heterocycles. The molecular formula is C20H15F3N8. The van der Waals surface area contributed by atoms with Crippen molar-refractivity contribution in [1.82, 2.24) is 39.5 Å². The van der Waals surface area contributed by atoms with E-state index >= 15 is 0 Å². The van der Waals surface area contributed by atoms with Crippen LogP contribution in [0.25, 0.3) is 28.7 Å². The van der Waals surface area contributed by atoms with Crippen molar-refractivity contribution in [3.63, 3.8) is 0 Å². The second-order valence-corrected chi connectivity index (χ2v) is 6.90. The molecule has 0 aliphatic rings. The Morgan fingerprint density at radius 2 is 1.77 bits per heavy atom. The number of alkyl halides is 3.